The maximum atomic E-state index is 12.5. The van der Waals surface area contributed by atoms with Crippen molar-refractivity contribution in [3.05, 3.63) is 28.3 Å². The smallest absolute Gasteiger partial charge is 0.242 e. The van der Waals surface area contributed by atoms with E-state index in [9.17, 15) is 8.42 Å². The molecule has 0 atom stereocenters. The highest BCUT2D eigenvalue weighted by Crippen LogP contribution is 2.35. The molecule has 0 aromatic heterocycles. The van der Waals surface area contributed by atoms with E-state index < -0.39 is 10.0 Å². The molecular weight excluding hydrogens is 408 g/mol. The van der Waals surface area contributed by atoms with Gasteiger partial charge in [0.05, 0.1) is 14.2 Å². The number of rotatable bonds is 6. The summed E-state index contributed by atoms with van der Waals surface area (Å²) in [5.41, 5.74) is 1.08. The lowest BCUT2D eigenvalue weighted by Crippen LogP contribution is -2.30. The average molecular weight is 428 g/mol. The molecule has 0 unspecified atom stereocenters. The number of methoxy groups -OCH3 is 2. The third kappa shape index (κ3) is 5.09. The second-order valence-corrected chi connectivity index (χ2v) is 7.37. The number of benzene rings is 1. The first kappa shape index (κ1) is 20.2. The molecule has 1 aliphatic rings. The topological polar surface area (TPSA) is 76.7 Å². The number of ether oxygens (including phenoxy) is 2. The Morgan fingerprint density at radius 2 is 1.91 bits per heavy atom. The molecular formula is C14H20BrClN2O4S. The largest absolute Gasteiger partial charge is 0.493 e. The van der Waals surface area contributed by atoms with Crippen molar-refractivity contribution in [2.24, 2.45) is 0 Å². The molecule has 2 rings (SSSR count). The third-order valence-corrected chi connectivity index (χ3v) is 5.73. The molecule has 0 bridgehead atoms. The number of halogens is 2. The molecule has 1 heterocycles. The molecule has 0 saturated carbocycles. The van der Waals surface area contributed by atoms with Crippen LogP contribution in [0.25, 0.3) is 0 Å². The Kier molecular flexibility index (Phi) is 7.82. The van der Waals surface area contributed by atoms with Crippen molar-refractivity contribution in [3.63, 3.8) is 0 Å². The zero-order valence-corrected chi connectivity index (χ0v) is 16.1. The van der Waals surface area contributed by atoms with Gasteiger partial charge in [-0.2, -0.15) is 0 Å². The summed E-state index contributed by atoms with van der Waals surface area (Å²) in [6.07, 6.45) is 2.85. The second-order valence-electron chi connectivity index (χ2n) is 4.78. The van der Waals surface area contributed by atoms with E-state index >= 15 is 0 Å². The van der Waals surface area contributed by atoms with Crippen molar-refractivity contribution in [1.29, 1.82) is 0 Å². The Hall–Kier alpha value is -0.800. The van der Waals surface area contributed by atoms with Gasteiger partial charge in [0, 0.05) is 23.6 Å². The highest BCUT2D eigenvalue weighted by Gasteiger charge is 2.21. The van der Waals surface area contributed by atoms with E-state index in [0.717, 1.165) is 25.1 Å². The van der Waals surface area contributed by atoms with Crippen molar-refractivity contribution in [2.75, 3.05) is 33.9 Å². The van der Waals surface area contributed by atoms with Gasteiger partial charge < -0.3 is 14.8 Å². The summed E-state index contributed by atoms with van der Waals surface area (Å²) in [6, 6.07) is 3.03. The van der Waals surface area contributed by atoms with E-state index in [0.29, 0.717) is 22.5 Å². The molecule has 1 aromatic carbocycles. The number of nitrogens with one attached hydrogen (secondary N) is 2. The molecule has 0 aliphatic carbocycles. The normalized spacial score (nSPS) is 14.7. The average Bonchev–Trinajstić information content (AvgIpc) is 2.53. The summed E-state index contributed by atoms with van der Waals surface area (Å²) in [7, 11) is -0.674. The molecule has 130 valence electrons. The highest BCUT2D eigenvalue weighted by molar-refractivity contribution is 9.10. The Bertz CT molecular complexity index is 680. The van der Waals surface area contributed by atoms with Gasteiger partial charge in [0.2, 0.25) is 10.0 Å². The predicted octanol–water partition coefficient (Wildman–Crippen LogP) is 2.09. The SMILES string of the molecule is COc1cc(Br)c(S(=O)(=O)NCC2=CCNCC2)cc1OC.Cl. The van der Waals surface area contributed by atoms with Crippen LogP contribution in [-0.2, 0) is 10.0 Å². The maximum absolute atomic E-state index is 12.5. The van der Waals surface area contributed by atoms with Gasteiger partial charge in [0.25, 0.3) is 0 Å². The Morgan fingerprint density at radius 3 is 2.48 bits per heavy atom. The zero-order chi connectivity index (χ0) is 16.2. The summed E-state index contributed by atoms with van der Waals surface area (Å²) < 4.78 is 38.3. The Labute approximate surface area is 151 Å². The summed E-state index contributed by atoms with van der Waals surface area (Å²) in [6.45, 7) is 1.95. The van der Waals surface area contributed by atoms with Crippen LogP contribution in [0.4, 0.5) is 0 Å². The van der Waals surface area contributed by atoms with Crippen molar-refractivity contribution in [1.82, 2.24) is 10.0 Å². The van der Waals surface area contributed by atoms with Crippen LogP contribution >= 0.6 is 28.3 Å². The number of sulfonamides is 1. The van der Waals surface area contributed by atoms with Crippen LogP contribution in [0.15, 0.2) is 33.2 Å². The summed E-state index contributed by atoms with van der Waals surface area (Å²) in [5.74, 6) is 0.835. The van der Waals surface area contributed by atoms with Crippen molar-refractivity contribution in [2.45, 2.75) is 11.3 Å². The van der Waals surface area contributed by atoms with Gasteiger partial charge in [-0.1, -0.05) is 11.6 Å². The lowest BCUT2D eigenvalue weighted by Gasteiger charge is -2.16. The summed E-state index contributed by atoms with van der Waals surface area (Å²) in [4.78, 5) is 0.125. The molecule has 0 amide bonds. The van der Waals surface area contributed by atoms with Crippen LogP contribution in [0.3, 0.4) is 0 Å². The zero-order valence-electron chi connectivity index (χ0n) is 12.9. The number of hydrogen-bond acceptors (Lipinski definition) is 5. The molecule has 1 aromatic rings. The van der Waals surface area contributed by atoms with Gasteiger partial charge in [-0.05, 0) is 35.0 Å². The lowest BCUT2D eigenvalue weighted by atomic mass is 10.1. The standard InChI is InChI=1S/C14H19BrN2O4S.ClH/c1-20-12-7-11(15)14(8-13(12)21-2)22(18,19)17-9-10-3-5-16-6-4-10;/h3,7-8,16-17H,4-6,9H2,1-2H3;1H. The van der Waals surface area contributed by atoms with E-state index in [1.54, 1.807) is 6.07 Å². The van der Waals surface area contributed by atoms with Gasteiger partial charge in [0.15, 0.2) is 11.5 Å². The van der Waals surface area contributed by atoms with Crippen molar-refractivity contribution >= 4 is 38.4 Å². The molecule has 23 heavy (non-hydrogen) atoms. The van der Waals surface area contributed by atoms with E-state index in [1.165, 1.54) is 20.3 Å². The van der Waals surface area contributed by atoms with Gasteiger partial charge in [-0.15, -0.1) is 12.4 Å². The Morgan fingerprint density at radius 1 is 1.26 bits per heavy atom. The fourth-order valence-corrected chi connectivity index (χ4v) is 4.21. The molecule has 0 radical (unpaired) electrons. The monoisotopic (exact) mass is 426 g/mol. The maximum Gasteiger partial charge on any atom is 0.242 e. The van der Waals surface area contributed by atoms with Crippen LogP contribution in [-0.4, -0.2) is 42.3 Å². The fourth-order valence-electron chi connectivity index (χ4n) is 2.14. The highest BCUT2D eigenvalue weighted by atomic mass is 79.9. The van der Waals surface area contributed by atoms with Crippen LogP contribution in [0, 0.1) is 0 Å². The summed E-state index contributed by atoms with van der Waals surface area (Å²) in [5, 5.41) is 3.19. The fraction of sp³-hybridized carbons (Fsp3) is 0.429. The molecule has 6 nitrogen and oxygen atoms in total. The second kappa shape index (κ2) is 8.89. The minimum atomic E-state index is -3.64. The molecule has 1 aliphatic heterocycles. The van der Waals surface area contributed by atoms with Gasteiger partial charge >= 0.3 is 0 Å². The number of hydrogen-bond donors (Lipinski definition) is 2. The van der Waals surface area contributed by atoms with Gasteiger partial charge in [-0.25, -0.2) is 13.1 Å². The van der Waals surface area contributed by atoms with E-state index in [-0.39, 0.29) is 17.3 Å². The summed E-state index contributed by atoms with van der Waals surface area (Å²) >= 11 is 3.27. The first-order valence-corrected chi connectivity index (χ1v) is 9.05. The third-order valence-electron chi connectivity index (χ3n) is 3.37. The van der Waals surface area contributed by atoms with E-state index in [2.05, 4.69) is 26.0 Å². The molecule has 2 N–H and O–H groups in total. The minimum absolute atomic E-state index is 0. The van der Waals surface area contributed by atoms with Gasteiger partial charge in [-0.3, -0.25) is 0 Å². The molecule has 0 fully saturated rings. The lowest BCUT2D eigenvalue weighted by molar-refractivity contribution is 0.353. The predicted molar refractivity (Wildman–Crippen MR) is 95.3 cm³/mol. The Balaban J connectivity index is 0.00000264. The quantitative estimate of drug-likeness (QED) is 0.680. The van der Waals surface area contributed by atoms with Crippen LogP contribution in [0.1, 0.15) is 6.42 Å². The van der Waals surface area contributed by atoms with E-state index in [1.807, 2.05) is 6.08 Å². The van der Waals surface area contributed by atoms with Crippen molar-refractivity contribution < 1.29 is 17.9 Å². The van der Waals surface area contributed by atoms with Crippen LogP contribution in [0.5, 0.6) is 11.5 Å². The molecule has 0 saturated heterocycles. The van der Waals surface area contributed by atoms with Crippen molar-refractivity contribution in [3.8, 4) is 11.5 Å². The van der Waals surface area contributed by atoms with Crippen LogP contribution < -0.4 is 19.5 Å². The molecule has 0 spiro atoms. The first-order valence-electron chi connectivity index (χ1n) is 6.77. The van der Waals surface area contributed by atoms with Crippen LogP contribution in [0.2, 0.25) is 0 Å². The van der Waals surface area contributed by atoms with Gasteiger partial charge in [0.1, 0.15) is 4.90 Å². The minimum Gasteiger partial charge on any atom is -0.493 e. The first-order chi connectivity index (χ1) is 10.5. The molecule has 9 heteroatoms. The van der Waals surface area contributed by atoms with E-state index in [4.69, 9.17) is 9.47 Å².